The van der Waals surface area contributed by atoms with Crippen molar-refractivity contribution in [3.05, 3.63) is 41.5 Å². The second-order valence-corrected chi connectivity index (χ2v) is 3.59. The highest BCUT2D eigenvalue weighted by atomic mass is 14.5. The van der Waals surface area contributed by atoms with Gasteiger partial charge in [0.15, 0.2) is 0 Å². The predicted octanol–water partition coefficient (Wildman–Crippen LogP) is 2.22. The lowest BCUT2D eigenvalue weighted by Gasteiger charge is -2.06. The van der Waals surface area contributed by atoms with E-state index in [1.54, 1.807) is 0 Å². The molecule has 1 aliphatic carbocycles. The van der Waals surface area contributed by atoms with Crippen LogP contribution in [0.1, 0.15) is 17.5 Å². The summed E-state index contributed by atoms with van der Waals surface area (Å²) in [5, 5.41) is 0. The van der Waals surface area contributed by atoms with Gasteiger partial charge >= 0.3 is 0 Å². The summed E-state index contributed by atoms with van der Waals surface area (Å²) in [6.07, 6.45) is 6.79. The van der Waals surface area contributed by atoms with Crippen molar-refractivity contribution >= 4 is 6.08 Å². The van der Waals surface area contributed by atoms with Gasteiger partial charge in [-0.15, -0.1) is 0 Å². The van der Waals surface area contributed by atoms with Crippen molar-refractivity contribution in [3.63, 3.8) is 0 Å². The van der Waals surface area contributed by atoms with Gasteiger partial charge in [-0.2, -0.15) is 0 Å². The van der Waals surface area contributed by atoms with Crippen LogP contribution in [-0.2, 0) is 6.42 Å². The van der Waals surface area contributed by atoms with Gasteiger partial charge in [-0.25, -0.2) is 0 Å². The van der Waals surface area contributed by atoms with Crippen LogP contribution in [0.5, 0.6) is 0 Å². The fourth-order valence-electron chi connectivity index (χ4n) is 1.80. The fraction of sp³-hybridized carbons (Fsp3) is 0.333. The highest BCUT2D eigenvalue weighted by Crippen LogP contribution is 2.20. The third kappa shape index (κ3) is 1.81. The third-order valence-electron chi connectivity index (χ3n) is 2.69. The van der Waals surface area contributed by atoms with E-state index in [1.165, 1.54) is 17.5 Å². The Morgan fingerprint density at radius 1 is 1.31 bits per heavy atom. The summed E-state index contributed by atoms with van der Waals surface area (Å²) in [5.74, 6) is 0.562. The predicted molar refractivity (Wildman–Crippen MR) is 56.3 cm³/mol. The molecule has 1 aromatic rings. The summed E-state index contributed by atoms with van der Waals surface area (Å²) in [6.45, 7) is 0.768. The largest absolute Gasteiger partial charge is 0.330 e. The maximum Gasteiger partial charge on any atom is -0.00139 e. The highest BCUT2D eigenvalue weighted by molar-refractivity contribution is 5.55. The van der Waals surface area contributed by atoms with Crippen molar-refractivity contribution in [2.75, 3.05) is 6.54 Å². The average Bonchev–Trinajstić information content (AvgIpc) is 2.39. The van der Waals surface area contributed by atoms with Gasteiger partial charge in [0, 0.05) is 0 Å². The summed E-state index contributed by atoms with van der Waals surface area (Å²) in [5.41, 5.74) is 8.47. The number of rotatable bonds is 1. The Balaban J connectivity index is 2.28. The standard InChI is InChI=1S/C12H15N/c13-9-10-5-7-11-3-1-2-4-12(11)8-6-10/h1-5,7,10H,6,8-9,13H2. The lowest BCUT2D eigenvalue weighted by atomic mass is 10.0. The molecule has 1 aliphatic rings. The van der Waals surface area contributed by atoms with E-state index in [9.17, 15) is 0 Å². The molecule has 0 spiro atoms. The SMILES string of the molecule is NCC1C=Cc2ccccc2CC1. The molecule has 2 rings (SSSR count). The first-order chi connectivity index (χ1) is 6.40. The average molecular weight is 173 g/mol. The maximum atomic E-state index is 5.66. The molecule has 13 heavy (non-hydrogen) atoms. The normalized spacial score (nSPS) is 20.8. The molecule has 0 aliphatic heterocycles. The fourth-order valence-corrected chi connectivity index (χ4v) is 1.80. The highest BCUT2D eigenvalue weighted by Gasteiger charge is 2.08. The molecular weight excluding hydrogens is 158 g/mol. The number of aryl methyl sites for hydroxylation is 1. The Kier molecular flexibility index (Phi) is 2.46. The Labute approximate surface area is 79.3 Å². The van der Waals surface area contributed by atoms with Gasteiger partial charge in [-0.05, 0) is 36.4 Å². The minimum Gasteiger partial charge on any atom is -0.330 e. The first-order valence-corrected chi connectivity index (χ1v) is 4.86. The van der Waals surface area contributed by atoms with Crippen molar-refractivity contribution in [1.82, 2.24) is 0 Å². The summed E-state index contributed by atoms with van der Waals surface area (Å²) in [4.78, 5) is 0. The molecule has 1 unspecified atom stereocenters. The topological polar surface area (TPSA) is 26.0 Å². The second-order valence-electron chi connectivity index (χ2n) is 3.59. The Bertz CT molecular complexity index is 315. The molecule has 1 nitrogen and oxygen atoms in total. The molecule has 0 saturated heterocycles. The van der Waals surface area contributed by atoms with Crippen molar-refractivity contribution in [2.45, 2.75) is 12.8 Å². The van der Waals surface area contributed by atoms with Crippen LogP contribution in [0.2, 0.25) is 0 Å². The van der Waals surface area contributed by atoms with Crippen molar-refractivity contribution in [3.8, 4) is 0 Å². The molecule has 0 radical (unpaired) electrons. The van der Waals surface area contributed by atoms with Crippen molar-refractivity contribution in [2.24, 2.45) is 11.7 Å². The first-order valence-electron chi connectivity index (χ1n) is 4.86. The van der Waals surface area contributed by atoms with Crippen LogP contribution in [0.25, 0.3) is 6.08 Å². The monoisotopic (exact) mass is 173 g/mol. The van der Waals surface area contributed by atoms with Gasteiger partial charge in [0.2, 0.25) is 0 Å². The van der Waals surface area contributed by atoms with Crippen molar-refractivity contribution in [1.29, 1.82) is 0 Å². The third-order valence-corrected chi connectivity index (χ3v) is 2.69. The van der Waals surface area contributed by atoms with E-state index in [0.29, 0.717) is 5.92 Å². The van der Waals surface area contributed by atoms with E-state index in [-0.39, 0.29) is 0 Å². The molecule has 1 atom stereocenters. The van der Waals surface area contributed by atoms with Crippen molar-refractivity contribution < 1.29 is 0 Å². The molecule has 0 saturated carbocycles. The van der Waals surface area contributed by atoms with Crippen LogP contribution in [-0.4, -0.2) is 6.54 Å². The van der Waals surface area contributed by atoms with Gasteiger partial charge in [-0.1, -0.05) is 36.4 Å². The van der Waals surface area contributed by atoms with E-state index in [4.69, 9.17) is 5.73 Å². The minimum absolute atomic E-state index is 0.562. The Morgan fingerprint density at radius 3 is 3.00 bits per heavy atom. The molecule has 0 fully saturated rings. The molecular formula is C12H15N. The van der Waals surface area contributed by atoms with Gasteiger partial charge in [0.25, 0.3) is 0 Å². The van der Waals surface area contributed by atoms with Crippen LogP contribution in [0.3, 0.4) is 0 Å². The number of hydrogen-bond donors (Lipinski definition) is 1. The number of nitrogens with two attached hydrogens (primary N) is 1. The van der Waals surface area contributed by atoms with Crippen LogP contribution in [0.4, 0.5) is 0 Å². The van der Waals surface area contributed by atoms with E-state index in [1.807, 2.05) is 0 Å². The van der Waals surface area contributed by atoms with Crippen LogP contribution in [0.15, 0.2) is 30.3 Å². The molecule has 0 amide bonds. The maximum absolute atomic E-state index is 5.66. The molecule has 1 aromatic carbocycles. The van der Waals surface area contributed by atoms with Gasteiger partial charge in [0.05, 0.1) is 0 Å². The second kappa shape index (κ2) is 3.75. The number of fused-ring (bicyclic) bond motifs is 1. The molecule has 0 heterocycles. The molecule has 1 heteroatoms. The van der Waals surface area contributed by atoms with Gasteiger partial charge in [0.1, 0.15) is 0 Å². The van der Waals surface area contributed by atoms with E-state index >= 15 is 0 Å². The van der Waals surface area contributed by atoms with E-state index < -0.39 is 0 Å². The number of benzene rings is 1. The molecule has 0 aromatic heterocycles. The first kappa shape index (κ1) is 8.52. The molecule has 0 bridgehead atoms. The van der Waals surface area contributed by atoms with Gasteiger partial charge in [-0.3, -0.25) is 0 Å². The summed E-state index contributed by atoms with van der Waals surface area (Å²) >= 11 is 0. The van der Waals surface area contributed by atoms with Crippen LogP contribution < -0.4 is 5.73 Å². The van der Waals surface area contributed by atoms with Crippen LogP contribution >= 0.6 is 0 Å². The molecule has 68 valence electrons. The number of hydrogen-bond acceptors (Lipinski definition) is 1. The van der Waals surface area contributed by atoms with Crippen LogP contribution in [0, 0.1) is 5.92 Å². The summed E-state index contributed by atoms with van der Waals surface area (Å²) < 4.78 is 0. The quantitative estimate of drug-likeness (QED) is 0.692. The summed E-state index contributed by atoms with van der Waals surface area (Å²) in [6, 6.07) is 8.57. The zero-order chi connectivity index (χ0) is 9.10. The van der Waals surface area contributed by atoms with E-state index in [2.05, 4.69) is 36.4 Å². The minimum atomic E-state index is 0.562. The molecule has 2 N–H and O–H groups in total. The zero-order valence-electron chi connectivity index (χ0n) is 7.74. The van der Waals surface area contributed by atoms with Gasteiger partial charge < -0.3 is 5.73 Å². The lowest BCUT2D eigenvalue weighted by molar-refractivity contribution is 0.607. The summed E-state index contributed by atoms with van der Waals surface area (Å²) in [7, 11) is 0. The Hall–Kier alpha value is -1.08. The smallest absolute Gasteiger partial charge is 0.00139 e. The lowest BCUT2D eigenvalue weighted by Crippen LogP contribution is -2.11. The van der Waals surface area contributed by atoms with E-state index in [0.717, 1.165) is 13.0 Å². The Morgan fingerprint density at radius 2 is 2.15 bits per heavy atom. The zero-order valence-corrected chi connectivity index (χ0v) is 7.74.